The highest BCUT2D eigenvalue weighted by molar-refractivity contribution is 7.93. The van der Waals surface area contributed by atoms with Gasteiger partial charge in [0.05, 0.1) is 35.5 Å². The van der Waals surface area contributed by atoms with E-state index in [1.807, 2.05) is 6.07 Å². The van der Waals surface area contributed by atoms with E-state index >= 15 is 0 Å². The molecule has 1 unspecified atom stereocenters. The molecule has 15 heteroatoms. The van der Waals surface area contributed by atoms with Crippen molar-refractivity contribution in [1.29, 1.82) is 5.26 Å². The van der Waals surface area contributed by atoms with Crippen LogP contribution in [0.1, 0.15) is 36.4 Å². The first-order valence-corrected chi connectivity index (χ1v) is 14.6. The summed E-state index contributed by atoms with van der Waals surface area (Å²) in [5.74, 6) is -6.31. The molecule has 1 saturated heterocycles. The number of carbonyl (C=O) groups excluding carboxylic acids is 2. The minimum Gasteiger partial charge on any atom is -0.351 e. The highest BCUT2D eigenvalue weighted by Gasteiger charge is 2.49. The number of hydrogen-bond acceptors (Lipinski definition) is 7. The fourth-order valence-corrected chi connectivity index (χ4v) is 6.96. The number of pyridine rings is 2. The zero-order chi connectivity index (χ0) is 30.2. The van der Waals surface area contributed by atoms with Gasteiger partial charge < -0.3 is 5.32 Å². The van der Waals surface area contributed by atoms with Gasteiger partial charge in [0.1, 0.15) is 23.7 Å². The summed E-state index contributed by atoms with van der Waals surface area (Å²) < 4.78 is 68.7. The van der Waals surface area contributed by atoms with Gasteiger partial charge in [-0.3, -0.25) is 19.5 Å². The lowest BCUT2D eigenvalue weighted by molar-refractivity contribution is -0.133. The molecule has 5 rings (SSSR count). The molecule has 3 aromatic rings. The van der Waals surface area contributed by atoms with E-state index in [-0.39, 0.29) is 34.1 Å². The van der Waals surface area contributed by atoms with Crippen molar-refractivity contribution in [1.82, 2.24) is 15.3 Å². The second-order valence-electron chi connectivity index (χ2n) is 9.89. The molecule has 2 fully saturated rings. The van der Waals surface area contributed by atoms with Crippen molar-refractivity contribution in [3.63, 3.8) is 0 Å². The highest BCUT2D eigenvalue weighted by atomic mass is 35.5. The lowest BCUT2D eigenvalue weighted by Crippen LogP contribution is -2.56. The Morgan fingerprint density at radius 3 is 2.60 bits per heavy atom. The number of sulfonamides is 1. The fraction of sp³-hybridized carbons (Fsp3) is 0.296. The standard InChI is InChI=1S/C27H22ClF3N6O4S/c28-21-4-2-1-3-20(21)24(25(38)35-18-11-27(30,31)12-18)36(19-10-17(29)14-33-15-19)26(39)22-6-8-42(40,41)37(22)23-9-16(13-32)5-7-34-23/h1-5,7,9-10,14-15,18,22,24H,6,8,11-12H2,(H,35,38)/t22?,24-/m1/s1. The van der Waals surface area contributed by atoms with Crippen LogP contribution in [0.25, 0.3) is 0 Å². The van der Waals surface area contributed by atoms with Crippen LogP contribution in [0.15, 0.2) is 61.1 Å². The Balaban J connectivity index is 1.63. The quantitative estimate of drug-likeness (QED) is 0.426. The Morgan fingerprint density at radius 2 is 1.93 bits per heavy atom. The summed E-state index contributed by atoms with van der Waals surface area (Å²) >= 11 is 6.45. The molecule has 2 atom stereocenters. The topological polar surface area (TPSA) is 136 Å². The Morgan fingerprint density at radius 1 is 1.19 bits per heavy atom. The van der Waals surface area contributed by atoms with E-state index in [0.29, 0.717) is 0 Å². The smallest absolute Gasteiger partial charge is 0.252 e. The molecule has 2 aliphatic rings. The van der Waals surface area contributed by atoms with Gasteiger partial charge in [-0.1, -0.05) is 29.8 Å². The number of nitrogens with one attached hydrogen (secondary N) is 1. The van der Waals surface area contributed by atoms with Crippen molar-refractivity contribution in [3.8, 4) is 6.07 Å². The number of nitriles is 1. The zero-order valence-electron chi connectivity index (χ0n) is 21.6. The van der Waals surface area contributed by atoms with Crippen LogP contribution >= 0.6 is 11.6 Å². The zero-order valence-corrected chi connectivity index (χ0v) is 23.2. The number of amides is 2. The Labute approximate surface area is 243 Å². The van der Waals surface area contributed by atoms with Crippen molar-refractivity contribution in [2.24, 2.45) is 0 Å². The van der Waals surface area contributed by atoms with E-state index < -0.39 is 70.3 Å². The molecule has 0 radical (unpaired) electrons. The summed E-state index contributed by atoms with van der Waals surface area (Å²) in [5, 5.41) is 11.9. The van der Waals surface area contributed by atoms with Gasteiger partial charge in [0.15, 0.2) is 0 Å². The second kappa shape index (κ2) is 11.2. The van der Waals surface area contributed by atoms with Gasteiger partial charge in [0, 0.05) is 41.7 Å². The Bertz CT molecular complexity index is 1690. The number of anilines is 2. The number of hydrogen-bond donors (Lipinski definition) is 1. The molecule has 42 heavy (non-hydrogen) atoms. The van der Waals surface area contributed by atoms with Crippen LogP contribution in [-0.2, 0) is 19.6 Å². The molecule has 3 heterocycles. The first-order chi connectivity index (χ1) is 19.9. The predicted octanol–water partition coefficient (Wildman–Crippen LogP) is 3.74. The molecule has 1 aliphatic heterocycles. The van der Waals surface area contributed by atoms with Crippen LogP contribution in [0, 0.1) is 17.1 Å². The van der Waals surface area contributed by atoms with Gasteiger partial charge in [-0.2, -0.15) is 5.26 Å². The van der Waals surface area contributed by atoms with Crippen molar-refractivity contribution >= 4 is 44.9 Å². The third-order valence-corrected chi connectivity index (χ3v) is 9.10. The molecule has 0 spiro atoms. The maximum absolute atomic E-state index is 14.5. The van der Waals surface area contributed by atoms with Crippen LogP contribution in [0.2, 0.25) is 5.02 Å². The van der Waals surface area contributed by atoms with E-state index in [2.05, 4.69) is 15.3 Å². The second-order valence-corrected chi connectivity index (χ2v) is 12.3. The van der Waals surface area contributed by atoms with Crippen LogP contribution in [0.5, 0.6) is 0 Å². The van der Waals surface area contributed by atoms with Crippen LogP contribution in [0.3, 0.4) is 0 Å². The molecular formula is C27H22ClF3N6O4S. The minimum absolute atomic E-state index is 0.0399. The average molecular weight is 619 g/mol. The van der Waals surface area contributed by atoms with E-state index in [9.17, 15) is 36.4 Å². The van der Waals surface area contributed by atoms with Crippen molar-refractivity contribution in [2.75, 3.05) is 15.0 Å². The van der Waals surface area contributed by atoms with Gasteiger partial charge in [-0.15, -0.1) is 0 Å². The van der Waals surface area contributed by atoms with E-state index in [1.165, 1.54) is 36.5 Å². The largest absolute Gasteiger partial charge is 0.351 e. The number of aromatic nitrogens is 2. The molecule has 2 amide bonds. The normalized spacial score (nSPS) is 19.8. The number of rotatable bonds is 7. The molecule has 1 saturated carbocycles. The summed E-state index contributed by atoms with van der Waals surface area (Å²) in [6.45, 7) is 0. The Kier molecular flexibility index (Phi) is 7.82. The van der Waals surface area contributed by atoms with Gasteiger partial charge in [-0.05, 0) is 24.6 Å². The van der Waals surface area contributed by atoms with Crippen LogP contribution in [-0.4, -0.2) is 54.0 Å². The summed E-state index contributed by atoms with van der Waals surface area (Å²) in [7, 11) is -4.11. The number of carbonyl (C=O) groups is 2. The SMILES string of the molecule is N#Cc1ccnc(N2C(C(=O)N(c3cncc(F)c3)[C@@H](C(=O)NC3CC(F)(F)C3)c3ccccc3Cl)CCS2(=O)=O)c1. The van der Waals surface area contributed by atoms with E-state index in [0.717, 1.165) is 27.7 Å². The average Bonchev–Trinajstić information content (AvgIpc) is 3.25. The number of benzene rings is 1. The third kappa shape index (κ3) is 5.75. The van der Waals surface area contributed by atoms with Crippen molar-refractivity contribution < 1.29 is 31.2 Å². The summed E-state index contributed by atoms with van der Waals surface area (Å²) in [6, 6.07) is 7.37. The highest BCUT2D eigenvalue weighted by Crippen LogP contribution is 2.40. The monoisotopic (exact) mass is 618 g/mol. The van der Waals surface area contributed by atoms with Gasteiger partial charge in [-0.25, -0.2) is 30.9 Å². The lowest BCUT2D eigenvalue weighted by atomic mass is 9.87. The minimum atomic E-state index is -4.11. The molecule has 0 bridgehead atoms. The van der Waals surface area contributed by atoms with Gasteiger partial charge in [0.25, 0.3) is 11.8 Å². The molecule has 1 N–H and O–H groups in total. The number of alkyl halides is 2. The van der Waals surface area contributed by atoms with Crippen molar-refractivity contribution in [2.45, 2.75) is 43.3 Å². The van der Waals surface area contributed by atoms with Gasteiger partial charge in [0.2, 0.25) is 15.9 Å². The summed E-state index contributed by atoms with van der Waals surface area (Å²) in [5.41, 5.74) is -0.0375. The molecule has 1 aromatic carbocycles. The van der Waals surface area contributed by atoms with E-state index in [4.69, 9.17) is 11.6 Å². The molecule has 218 valence electrons. The van der Waals surface area contributed by atoms with Crippen LogP contribution < -0.4 is 14.5 Å². The summed E-state index contributed by atoms with van der Waals surface area (Å²) in [6.07, 6.45) is 1.74. The fourth-order valence-electron chi connectivity index (χ4n) is 5.04. The molecule has 1 aliphatic carbocycles. The van der Waals surface area contributed by atoms with E-state index in [1.54, 1.807) is 6.07 Å². The number of nitrogens with zero attached hydrogens (tertiary/aromatic N) is 5. The van der Waals surface area contributed by atoms with Gasteiger partial charge >= 0.3 is 0 Å². The third-order valence-electron chi connectivity index (χ3n) is 6.97. The molecule has 2 aromatic heterocycles. The maximum atomic E-state index is 14.5. The Hall–Kier alpha value is -4.22. The molecular weight excluding hydrogens is 597 g/mol. The maximum Gasteiger partial charge on any atom is 0.252 e. The number of halogens is 4. The van der Waals surface area contributed by atoms with Crippen LogP contribution in [0.4, 0.5) is 24.7 Å². The first-order valence-electron chi connectivity index (χ1n) is 12.6. The van der Waals surface area contributed by atoms with Crippen molar-refractivity contribution in [3.05, 3.63) is 83.0 Å². The molecule has 10 nitrogen and oxygen atoms in total. The lowest BCUT2D eigenvalue weighted by Gasteiger charge is -2.39. The first kappa shape index (κ1) is 29.3. The predicted molar refractivity (Wildman–Crippen MR) is 146 cm³/mol. The summed E-state index contributed by atoms with van der Waals surface area (Å²) in [4.78, 5) is 36.9.